The molecule has 21 heavy (non-hydrogen) atoms. The summed E-state index contributed by atoms with van der Waals surface area (Å²) in [6, 6.07) is 4.38. The van der Waals surface area contributed by atoms with Crippen LogP contribution in [0.2, 0.25) is 5.02 Å². The highest BCUT2D eigenvalue weighted by Crippen LogP contribution is 2.38. The van der Waals surface area contributed by atoms with E-state index in [1.54, 1.807) is 12.1 Å². The van der Waals surface area contributed by atoms with Crippen molar-refractivity contribution in [2.45, 2.75) is 38.9 Å². The molecular formula is C15H19BClFO3. The summed E-state index contributed by atoms with van der Waals surface area (Å²) in [6.45, 7) is 7.41. The number of aliphatic hydroxyl groups is 1. The minimum atomic E-state index is -0.699. The second kappa shape index (κ2) is 5.73. The average molecular weight is 313 g/mol. The Labute approximate surface area is 129 Å². The topological polar surface area (TPSA) is 38.7 Å². The maximum Gasteiger partial charge on any atom is 0.492 e. The fourth-order valence-corrected chi connectivity index (χ4v) is 2.16. The number of hydrogen-bond donors (Lipinski definition) is 1. The van der Waals surface area contributed by atoms with Crippen LogP contribution >= 0.6 is 11.6 Å². The molecule has 0 spiro atoms. The van der Waals surface area contributed by atoms with Crippen LogP contribution in [0, 0.1) is 5.82 Å². The first kappa shape index (κ1) is 16.5. The summed E-state index contributed by atoms with van der Waals surface area (Å²) in [4.78, 5) is 0. The maximum atomic E-state index is 13.8. The molecular weight excluding hydrogens is 293 g/mol. The minimum Gasteiger partial charge on any atom is -0.400 e. The molecule has 1 aliphatic rings. The molecule has 1 heterocycles. The third-order valence-electron chi connectivity index (χ3n) is 4.04. The molecule has 1 aromatic rings. The van der Waals surface area contributed by atoms with E-state index in [4.69, 9.17) is 20.9 Å². The Morgan fingerprint density at radius 1 is 1.29 bits per heavy atom. The summed E-state index contributed by atoms with van der Waals surface area (Å²) in [6.07, 6.45) is 1.54. The molecule has 0 amide bonds. The van der Waals surface area contributed by atoms with Crippen LogP contribution in [0.4, 0.5) is 4.39 Å². The average Bonchev–Trinajstić information content (AvgIpc) is 2.57. The SMILES string of the molecule is CC1(C)OB(C(=Cc2ccc(Cl)cc2F)CO)OC1(C)C. The van der Waals surface area contributed by atoms with Crippen molar-refractivity contribution < 1.29 is 18.8 Å². The predicted octanol–water partition coefficient (Wildman–Crippen LogP) is 3.49. The second-order valence-corrected chi connectivity index (χ2v) is 6.57. The Balaban J connectivity index is 2.31. The summed E-state index contributed by atoms with van der Waals surface area (Å²) in [7, 11) is -0.699. The molecule has 2 rings (SSSR count). The van der Waals surface area contributed by atoms with Gasteiger partial charge in [-0.05, 0) is 45.3 Å². The molecule has 0 saturated carbocycles. The van der Waals surface area contributed by atoms with Gasteiger partial charge in [0.05, 0.1) is 17.8 Å². The fourth-order valence-electron chi connectivity index (χ4n) is 2.00. The van der Waals surface area contributed by atoms with Gasteiger partial charge in [-0.15, -0.1) is 0 Å². The third kappa shape index (κ3) is 3.32. The summed E-state index contributed by atoms with van der Waals surface area (Å²) >= 11 is 5.73. The monoisotopic (exact) mass is 312 g/mol. The number of aliphatic hydroxyl groups excluding tert-OH is 1. The van der Waals surface area contributed by atoms with E-state index in [-0.39, 0.29) is 6.61 Å². The third-order valence-corrected chi connectivity index (χ3v) is 4.28. The number of rotatable bonds is 3. The smallest absolute Gasteiger partial charge is 0.400 e. The van der Waals surface area contributed by atoms with Crippen molar-refractivity contribution in [3.63, 3.8) is 0 Å². The quantitative estimate of drug-likeness (QED) is 0.868. The van der Waals surface area contributed by atoms with Gasteiger partial charge in [-0.1, -0.05) is 23.7 Å². The molecule has 0 aliphatic carbocycles. The van der Waals surface area contributed by atoms with Gasteiger partial charge in [-0.3, -0.25) is 0 Å². The van der Waals surface area contributed by atoms with Crippen molar-refractivity contribution in [2.75, 3.05) is 6.61 Å². The summed E-state index contributed by atoms with van der Waals surface area (Å²) in [5.41, 5.74) is -0.220. The van der Waals surface area contributed by atoms with Gasteiger partial charge < -0.3 is 14.4 Å². The van der Waals surface area contributed by atoms with Crippen LogP contribution in [0.1, 0.15) is 33.3 Å². The van der Waals surface area contributed by atoms with Gasteiger partial charge in [0.15, 0.2) is 0 Å². The van der Waals surface area contributed by atoms with E-state index in [1.807, 2.05) is 27.7 Å². The van der Waals surface area contributed by atoms with Crippen LogP contribution in [0.3, 0.4) is 0 Å². The molecule has 114 valence electrons. The largest absolute Gasteiger partial charge is 0.492 e. The molecule has 6 heteroatoms. The van der Waals surface area contributed by atoms with E-state index in [1.165, 1.54) is 12.1 Å². The fraction of sp³-hybridized carbons (Fsp3) is 0.467. The summed E-state index contributed by atoms with van der Waals surface area (Å²) in [5, 5.41) is 9.88. The molecule has 1 saturated heterocycles. The summed E-state index contributed by atoms with van der Waals surface area (Å²) in [5.74, 6) is -0.454. The predicted molar refractivity (Wildman–Crippen MR) is 82.6 cm³/mol. The first-order chi connectivity index (χ1) is 9.66. The molecule has 0 atom stereocenters. The zero-order chi connectivity index (χ0) is 15.8. The second-order valence-electron chi connectivity index (χ2n) is 6.13. The van der Waals surface area contributed by atoms with Gasteiger partial charge in [0.2, 0.25) is 0 Å². The van der Waals surface area contributed by atoms with E-state index in [2.05, 4.69) is 0 Å². The van der Waals surface area contributed by atoms with Gasteiger partial charge >= 0.3 is 7.12 Å². The van der Waals surface area contributed by atoms with Crippen LogP contribution in [0.5, 0.6) is 0 Å². The van der Waals surface area contributed by atoms with Crippen molar-refractivity contribution in [1.29, 1.82) is 0 Å². The minimum absolute atomic E-state index is 0.279. The van der Waals surface area contributed by atoms with Crippen LogP contribution in [-0.4, -0.2) is 30.0 Å². The van der Waals surface area contributed by atoms with E-state index in [0.29, 0.717) is 16.1 Å². The zero-order valence-corrected chi connectivity index (χ0v) is 13.4. The van der Waals surface area contributed by atoms with Crippen molar-refractivity contribution >= 4 is 24.8 Å². The highest BCUT2D eigenvalue weighted by Gasteiger charge is 2.52. The highest BCUT2D eigenvalue weighted by atomic mass is 35.5. The van der Waals surface area contributed by atoms with E-state index >= 15 is 0 Å². The molecule has 1 aromatic carbocycles. The zero-order valence-electron chi connectivity index (χ0n) is 12.6. The van der Waals surface area contributed by atoms with Crippen molar-refractivity contribution in [3.8, 4) is 0 Å². The lowest BCUT2D eigenvalue weighted by atomic mass is 9.77. The first-order valence-electron chi connectivity index (χ1n) is 6.78. The lowest BCUT2D eigenvalue weighted by Crippen LogP contribution is -2.41. The molecule has 1 aliphatic heterocycles. The van der Waals surface area contributed by atoms with Crippen molar-refractivity contribution in [2.24, 2.45) is 0 Å². The Kier molecular flexibility index (Phi) is 4.50. The Morgan fingerprint density at radius 3 is 2.33 bits per heavy atom. The molecule has 1 fully saturated rings. The molecule has 0 radical (unpaired) electrons. The summed E-state index contributed by atoms with van der Waals surface area (Å²) < 4.78 is 25.6. The van der Waals surface area contributed by atoms with Crippen LogP contribution in [0.25, 0.3) is 6.08 Å². The van der Waals surface area contributed by atoms with Gasteiger partial charge in [0.25, 0.3) is 0 Å². The van der Waals surface area contributed by atoms with Crippen LogP contribution in [-0.2, 0) is 9.31 Å². The highest BCUT2D eigenvalue weighted by molar-refractivity contribution is 6.55. The molecule has 1 N–H and O–H groups in total. The number of halogens is 2. The van der Waals surface area contributed by atoms with Crippen molar-refractivity contribution in [3.05, 3.63) is 40.1 Å². The van der Waals surface area contributed by atoms with Gasteiger partial charge in [0.1, 0.15) is 5.82 Å². The Morgan fingerprint density at radius 2 is 1.86 bits per heavy atom. The number of benzene rings is 1. The molecule has 0 bridgehead atoms. The van der Waals surface area contributed by atoms with E-state index in [0.717, 1.165) is 0 Å². The van der Waals surface area contributed by atoms with Crippen molar-refractivity contribution in [1.82, 2.24) is 0 Å². The molecule has 0 aromatic heterocycles. The van der Waals surface area contributed by atoms with Gasteiger partial charge in [-0.2, -0.15) is 0 Å². The standard InChI is InChI=1S/C15H19BClFO3/c1-14(2)15(3,4)21-16(20-14)11(9-19)7-10-5-6-12(17)8-13(10)18/h5-8,19H,9H2,1-4H3. The Bertz CT molecular complexity index is 556. The van der Waals surface area contributed by atoms with E-state index < -0.39 is 24.1 Å². The molecule has 3 nitrogen and oxygen atoms in total. The van der Waals surface area contributed by atoms with Gasteiger partial charge in [-0.25, -0.2) is 4.39 Å². The normalized spacial score (nSPS) is 20.9. The van der Waals surface area contributed by atoms with E-state index in [9.17, 15) is 9.50 Å². The van der Waals surface area contributed by atoms with Crippen LogP contribution in [0.15, 0.2) is 23.7 Å². The molecule has 0 unspecified atom stereocenters. The van der Waals surface area contributed by atoms with Crippen LogP contribution < -0.4 is 0 Å². The number of hydrogen-bond acceptors (Lipinski definition) is 3. The first-order valence-corrected chi connectivity index (χ1v) is 7.16. The Hall–Kier alpha value is -0.875. The maximum absolute atomic E-state index is 13.8. The van der Waals surface area contributed by atoms with Gasteiger partial charge in [0, 0.05) is 10.6 Å². The lowest BCUT2D eigenvalue weighted by molar-refractivity contribution is 0.00578. The lowest BCUT2D eigenvalue weighted by Gasteiger charge is -2.32.